The molecule has 12 heteroatoms. The largest absolute Gasteiger partial charge is 0.477 e. The number of halogens is 4. The number of fused-ring (bicyclic) bond motifs is 1. The molecule has 0 spiro atoms. The summed E-state index contributed by atoms with van der Waals surface area (Å²) in [5.41, 5.74) is -1.71. The number of pyridine rings is 1. The number of imidazole rings is 1. The van der Waals surface area contributed by atoms with Crippen molar-refractivity contribution in [2.24, 2.45) is 0 Å². The van der Waals surface area contributed by atoms with Crippen molar-refractivity contribution in [1.29, 1.82) is 0 Å². The number of nitrogens with one attached hydrogen (secondary N) is 1. The van der Waals surface area contributed by atoms with E-state index in [9.17, 15) is 32.3 Å². The number of benzene rings is 2. The van der Waals surface area contributed by atoms with Crippen molar-refractivity contribution in [3.63, 3.8) is 0 Å². The fraction of sp³-hybridized carbons (Fsp3) is 0.0385. The first kappa shape index (κ1) is 24.6. The molecule has 0 bridgehead atoms. The molecule has 8 nitrogen and oxygen atoms in total. The van der Waals surface area contributed by atoms with Crippen molar-refractivity contribution in [3.05, 3.63) is 102 Å². The monoisotopic (exact) mass is 521 g/mol. The lowest BCUT2D eigenvalue weighted by molar-refractivity contribution is -0.137. The highest BCUT2D eigenvalue weighted by molar-refractivity contribution is 6.09. The fourth-order valence-electron chi connectivity index (χ4n) is 3.98. The van der Waals surface area contributed by atoms with Gasteiger partial charge in [0.15, 0.2) is 17.2 Å². The summed E-state index contributed by atoms with van der Waals surface area (Å²) in [4.78, 5) is 36.7. The maximum Gasteiger partial charge on any atom is 0.417 e. The number of amides is 1. The average molecular weight is 521 g/mol. The van der Waals surface area contributed by atoms with Crippen molar-refractivity contribution in [2.75, 3.05) is 5.32 Å². The van der Waals surface area contributed by atoms with Crippen LogP contribution in [-0.4, -0.2) is 36.3 Å². The molecule has 3 heterocycles. The summed E-state index contributed by atoms with van der Waals surface area (Å²) in [7, 11) is 0. The molecule has 2 N–H and O–H groups in total. The second-order valence-corrected chi connectivity index (χ2v) is 8.01. The Kier molecular flexibility index (Phi) is 6.07. The standard InChI is InChI=1S/C26H15F4N5O3/c27-19-12-18(26(28,29)30)16(22-31-8-4-9-32-22)11-17(19)24(36)34-21-15(14-5-2-1-3-6-14)7-10-35-20(25(37)38)13-33-23(21)35/h1-13H,(H,34,36)(H,37,38). The maximum absolute atomic E-state index is 15.0. The van der Waals surface area contributed by atoms with Crippen LogP contribution in [0.25, 0.3) is 28.2 Å². The Bertz CT molecular complexity index is 1690. The molecule has 0 aliphatic rings. The van der Waals surface area contributed by atoms with Gasteiger partial charge in [0.05, 0.1) is 23.0 Å². The number of hydrogen-bond donors (Lipinski definition) is 2. The van der Waals surface area contributed by atoms with E-state index in [4.69, 9.17) is 0 Å². The van der Waals surface area contributed by atoms with Gasteiger partial charge in [-0.15, -0.1) is 0 Å². The number of nitrogens with zero attached hydrogens (tertiary/aromatic N) is 4. The molecule has 0 aliphatic heterocycles. The summed E-state index contributed by atoms with van der Waals surface area (Å²) < 4.78 is 57.3. The van der Waals surface area contributed by atoms with E-state index in [1.807, 2.05) is 0 Å². The van der Waals surface area contributed by atoms with Crippen LogP contribution in [0.5, 0.6) is 0 Å². The Labute approximate surface area is 211 Å². The quantitative estimate of drug-likeness (QED) is 0.293. The fourth-order valence-corrected chi connectivity index (χ4v) is 3.98. The van der Waals surface area contributed by atoms with E-state index in [1.54, 1.807) is 36.4 Å². The number of carbonyl (C=O) groups is 2. The molecule has 0 aliphatic carbocycles. The molecule has 5 rings (SSSR count). The highest BCUT2D eigenvalue weighted by Crippen LogP contribution is 2.38. The van der Waals surface area contributed by atoms with Gasteiger partial charge in [-0.3, -0.25) is 9.20 Å². The molecule has 190 valence electrons. The lowest BCUT2D eigenvalue weighted by atomic mass is 10.0. The van der Waals surface area contributed by atoms with Crippen molar-refractivity contribution < 1.29 is 32.3 Å². The second kappa shape index (κ2) is 9.39. The molecular weight excluding hydrogens is 506 g/mol. The van der Waals surface area contributed by atoms with Gasteiger partial charge in [0.1, 0.15) is 5.82 Å². The SMILES string of the molecule is O=C(Nc1c(-c2ccccc2)ccn2c(C(=O)O)cnc12)c1cc(-c2ncccn2)c(C(F)(F)F)cc1F. The number of alkyl halides is 3. The second-order valence-electron chi connectivity index (χ2n) is 8.01. The van der Waals surface area contributed by atoms with E-state index in [0.717, 1.165) is 12.3 Å². The number of carboxylic acid groups (broad SMARTS) is 1. The van der Waals surface area contributed by atoms with E-state index >= 15 is 0 Å². The van der Waals surface area contributed by atoms with Gasteiger partial charge in [-0.25, -0.2) is 24.1 Å². The molecule has 5 aromatic rings. The number of carbonyl (C=O) groups excluding carboxylic acids is 1. The number of hydrogen-bond acceptors (Lipinski definition) is 5. The third-order valence-electron chi connectivity index (χ3n) is 5.69. The van der Waals surface area contributed by atoms with E-state index in [1.165, 1.54) is 29.1 Å². The summed E-state index contributed by atoms with van der Waals surface area (Å²) in [5, 5.41) is 12.0. The summed E-state index contributed by atoms with van der Waals surface area (Å²) >= 11 is 0. The zero-order chi connectivity index (χ0) is 27.0. The Balaban J connectivity index is 1.66. The van der Waals surface area contributed by atoms with Crippen LogP contribution in [0.15, 0.2) is 79.4 Å². The Morgan fingerprint density at radius 2 is 1.63 bits per heavy atom. The molecule has 3 aromatic heterocycles. The number of rotatable bonds is 5. The minimum Gasteiger partial charge on any atom is -0.477 e. The Morgan fingerprint density at radius 1 is 0.921 bits per heavy atom. The molecule has 0 atom stereocenters. The normalized spacial score (nSPS) is 11.5. The summed E-state index contributed by atoms with van der Waals surface area (Å²) in [5.74, 6) is -4.13. The minimum atomic E-state index is -4.94. The lowest BCUT2D eigenvalue weighted by Gasteiger charge is -2.16. The van der Waals surface area contributed by atoms with Gasteiger partial charge in [0.2, 0.25) is 0 Å². The average Bonchev–Trinajstić information content (AvgIpc) is 3.34. The molecule has 2 aromatic carbocycles. The van der Waals surface area contributed by atoms with Crippen LogP contribution < -0.4 is 5.32 Å². The predicted molar refractivity (Wildman–Crippen MR) is 128 cm³/mol. The molecule has 0 saturated carbocycles. The molecule has 0 fully saturated rings. The number of anilines is 1. The van der Waals surface area contributed by atoms with Crippen LogP contribution in [0, 0.1) is 5.82 Å². The summed E-state index contributed by atoms with van der Waals surface area (Å²) in [6.07, 6.45) is 0.0338. The van der Waals surface area contributed by atoms with Gasteiger partial charge in [-0.05, 0) is 29.8 Å². The molecule has 0 radical (unpaired) electrons. The first-order valence-corrected chi connectivity index (χ1v) is 10.9. The maximum atomic E-state index is 15.0. The zero-order valence-electron chi connectivity index (χ0n) is 19.1. The lowest BCUT2D eigenvalue weighted by Crippen LogP contribution is -2.18. The van der Waals surface area contributed by atoms with E-state index in [0.29, 0.717) is 11.1 Å². The molecule has 0 saturated heterocycles. The highest BCUT2D eigenvalue weighted by atomic mass is 19.4. The molecular formula is C26H15F4N5O3. The third-order valence-corrected chi connectivity index (χ3v) is 5.69. The van der Waals surface area contributed by atoms with Gasteiger partial charge in [-0.2, -0.15) is 13.2 Å². The van der Waals surface area contributed by atoms with Crippen LogP contribution >= 0.6 is 0 Å². The highest BCUT2D eigenvalue weighted by Gasteiger charge is 2.36. The molecule has 1 amide bonds. The van der Waals surface area contributed by atoms with Crippen LogP contribution in [0.4, 0.5) is 23.2 Å². The smallest absolute Gasteiger partial charge is 0.417 e. The topological polar surface area (TPSA) is 109 Å². The zero-order valence-corrected chi connectivity index (χ0v) is 19.1. The number of aromatic nitrogens is 4. The van der Waals surface area contributed by atoms with Gasteiger partial charge in [0, 0.05) is 29.7 Å². The number of carboxylic acids is 1. The van der Waals surface area contributed by atoms with Crippen molar-refractivity contribution in [3.8, 4) is 22.5 Å². The molecule has 38 heavy (non-hydrogen) atoms. The van der Waals surface area contributed by atoms with Crippen molar-refractivity contribution in [2.45, 2.75) is 6.18 Å². The Hall–Kier alpha value is -5.13. The summed E-state index contributed by atoms with van der Waals surface area (Å²) in [6, 6.07) is 12.6. The van der Waals surface area contributed by atoms with E-state index in [2.05, 4.69) is 20.3 Å². The first-order valence-electron chi connectivity index (χ1n) is 10.9. The summed E-state index contributed by atoms with van der Waals surface area (Å²) in [6.45, 7) is 0. The Morgan fingerprint density at radius 3 is 2.29 bits per heavy atom. The van der Waals surface area contributed by atoms with E-state index in [-0.39, 0.29) is 28.9 Å². The molecule has 0 unspecified atom stereocenters. The number of aromatic carboxylic acids is 1. The van der Waals surface area contributed by atoms with Crippen LogP contribution in [0.3, 0.4) is 0 Å². The van der Waals surface area contributed by atoms with Crippen LogP contribution in [0.1, 0.15) is 26.4 Å². The minimum absolute atomic E-state index is 0.0352. The third kappa shape index (κ3) is 4.43. The van der Waals surface area contributed by atoms with Gasteiger partial charge in [0.25, 0.3) is 5.91 Å². The predicted octanol–water partition coefficient (Wildman–Crippen LogP) is 5.57. The van der Waals surface area contributed by atoms with Gasteiger partial charge < -0.3 is 10.4 Å². The van der Waals surface area contributed by atoms with Gasteiger partial charge >= 0.3 is 12.1 Å². The van der Waals surface area contributed by atoms with Gasteiger partial charge in [-0.1, -0.05) is 30.3 Å². The van der Waals surface area contributed by atoms with Crippen LogP contribution in [-0.2, 0) is 6.18 Å². The first-order chi connectivity index (χ1) is 18.1. The van der Waals surface area contributed by atoms with E-state index < -0.39 is 40.6 Å². The van der Waals surface area contributed by atoms with Crippen molar-refractivity contribution >= 4 is 23.2 Å². The van der Waals surface area contributed by atoms with Crippen LogP contribution in [0.2, 0.25) is 0 Å². The van der Waals surface area contributed by atoms with Crippen molar-refractivity contribution in [1.82, 2.24) is 19.4 Å².